The molecule has 0 radical (unpaired) electrons. The number of hydrogen-bond acceptors (Lipinski definition) is 6. The Morgan fingerprint density at radius 1 is 1.09 bits per heavy atom. The fourth-order valence-electron chi connectivity index (χ4n) is 1.59. The molecule has 7 nitrogen and oxygen atoms in total. The number of carbonyl (C=O) groups is 1. The van der Waals surface area contributed by atoms with Crippen LogP contribution in [0.2, 0.25) is 0 Å². The molecule has 0 saturated heterocycles. The smallest absolute Gasteiger partial charge is 0.238 e. The molecule has 0 saturated carbocycles. The Balaban J connectivity index is 2.92. The molecule has 1 aromatic rings. The zero-order chi connectivity index (χ0) is 16.5. The van der Waals surface area contributed by atoms with E-state index in [1.54, 1.807) is 61.5 Å². The number of rotatable bonds is 5. The van der Waals surface area contributed by atoms with Crippen LogP contribution in [0.15, 0.2) is 35.5 Å². The van der Waals surface area contributed by atoms with Gasteiger partial charge in [-0.15, -0.1) is 0 Å². The molecule has 0 bridgehead atoms. The first kappa shape index (κ1) is 16.7. The van der Waals surface area contributed by atoms with Crippen molar-refractivity contribution in [2.24, 2.45) is 0 Å². The molecule has 110 valence electrons. The Hall–Kier alpha value is -3.34. The monoisotopic (exact) mass is 294 g/mol. The predicted molar refractivity (Wildman–Crippen MR) is 81.1 cm³/mol. The van der Waals surface area contributed by atoms with Crippen LogP contribution in [0.4, 0.5) is 11.4 Å². The number of amides is 1. The molecule has 0 aliphatic rings. The molecule has 0 unspecified atom stereocenters. The molecule has 1 rings (SSSR count). The van der Waals surface area contributed by atoms with Gasteiger partial charge in [-0.2, -0.15) is 15.8 Å². The first-order chi connectivity index (χ1) is 10.5. The van der Waals surface area contributed by atoms with E-state index < -0.39 is 0 Å². The van der Waals surface area contributed by atoms with Crippen LogP contribution in [0, 0.1) is 34.0 Å². The topological polar surface area (TPSA) is 116 Å². The average molecular weight is 294 g/mol. The zero-order valence-electron chi connectivity index (χ0n) is 12.2. The summed E-state index contributed by atoms with van der Waals surface area (Å²) in [6.07, 6.45) is 0. The highest BCUT2D eigenvalue weighted by Gasteiger charge is 2.08. The van der Waals surface area contributed by atoms with Gasteiger partial charge >= 0.3 is 0 Å². The first-order valence-corrected chi connectivity index (χ1v) is 6.26. The van der Waals surface area contributed by atoms with Crippen molar-refractivity contribution >= 4 is 17.3 Å². The summed E-state index contributed by atoms with van der Waals surface area (Å²) in [4.78, 5) is 13.4. The molecule has 1 amide bonds. The maximum Gasteiger partial charge on any atom is 0.238 e. The summed E-state index contributed by atoms with van der Waals surface area (Å²) in [6.45, 7) is 0.244. The Kier molecular flexibility index (Phi) is 6.12. The normalized spacial score (nSPS) is 9.09. The van der Waals surface area contributed by atoms with E-state index in [0.29, 0.717) is 11.4 Å². The van der Waals surface area contributed by atoms with Crippen LogP contribution in [-0.2, 0) is 4.79 Å². The summed E-state index contributed by atoms with van der Waals surface area (Å²) in [7, 11) is 3.57. The van der Waals surface area contributed by atoms with Gasteiger partial charge in [0.15, 0.2) is 5.57 Å². The predicted octanol–water partition coefficient (Wildman–Crippen LogP) is 1.42. The molecule has 1 aromatic carbocycles. The van der Waals surface area contributed by atoms with Gasteiger partial charge in [0.25, 0.3) is 0 Å². The standard InChI is InChI=1S/C15H14N6O/c1-21(2)10-15(22)20-13-5-3-4-12(6-13)19-14(9-18)11(7-16)8-17/h3-6,19H,10H2,1-2H3,(H,20,22). The summed E-state index contributed by atoms with van der Waals surface area (Å²) in [5, 5.41) is 32.0. The second kappa shape index (κ2) is 8.06. The summed E-state index contributed by atoms with van der Waals surface area (Å²) in [6, 6.07) is 11.7. The van der Waals surface area contributed by atoms with Gasteiger partial charge in [-0.3, -0.25) is 4.79 Å². The van der Waals surface area contributed by atoms with Crippen LogP contribution in [0.25, 0.3) is 0 Å². The van der Waals surface area contributed by atoms with E-state index >= 15 is 0 Å². The Labute approximate surface area is 128 Å². The second-order valence-corrected chi connectivity index (χ2v) is 4.58. The minimum Gasteiger partial charge on any atom is -0.345 e. The summed E-state index contributed by atoms with van der Waals surface area (Å²) >= 11 is 0. The molecule has 0 aromatic heterocycles. The van der Waals surface area contributed by atoms with Crippen LogP contribution in [-0.4, -0.2) is 31.4 Å². The van der Waals surface area contributed by atoms with Crippen molar-refractivity contribution in [1.29, 1.82) is 15.8 Å². The van der Waals surface area contributed by atoms with E-state index in [4.69, 9.17) is 15.8 Å². The van der Waals surface area contributed by atoms with Crippen molar-refractivity contribution in [3.63, 3.8) is 0 Å². The molecule has 0 aliphatic carbocycles. The Bertz CT molecular complexity index is 699. The highest BCUT2D eigenvalue weighted by atomic mass is 16.2. The fourth-order valence-corrected chi connectivity index (χ4v) is 1.59. The minimum absolute atomic E-state index is 0.137. The van der Waals surface area contributed by atoms with Crippen LogP contribution in [0.3, 0.4) is 0 Å². The van der Waals surface area contributed by atoms with Gasteiger partial charge in [0.2, 0.25) is 5.91 Å². The highest BCUT2D eigenvalue weighted by molar-refractivity contribution is 5.92. The molecule has 22 heavy (non-hydrogen) atoms. The third kappa shape index (κ3) is 4.97. The first-order valence-electron chi connectivity index (χ1n) is 6.26. The zero-order valence-corrected chi connectivity index (χ0v) is 12.2. The van der Waals surface area contributed by atoms with Gasteiger partial charge in [-0.25, -0.2) is 0 Å². The minimum atomic E-state index is -0.301. The van der Waals surface area contributed by atoms with E-state index in [1.807, 2.05) is 0 Å². The fraction of sp³-hybridized carbons (Fsp3) is 0.200. The lowest BCUT2D eigenvalue weighted by molar-refractivity contribution is -0.116. The largest absolute Gasteiger partial charge is 0.345 e. The number of nitrogens with one attached hydrogen (secondary N) is 2. The maximum absolute atomic E-state index is 11.7. The molecular formula is C15H14N6O. The lowest BCUT2D eigenvalue weighted by Crippen LogP contribution is -2.27. The van der Waals surface area contributed by atoms with E-state index in [9.17, 15) is 4.79 Å². The highest BCUT2D eigenvalue weighted by Crippen LogP contribution is 2.17. The molecule has 0 aliphatic heterocycles. The van der Waals surface area contributed by atoms with Crippen molar-refractivity contribution in [3.05, 3.63) is 35.5 Å². The van der Waals surface area contributed by atoms with Gasteiger partial charge in [-0.05, 0) is 32.3 Å². The van der Waals surface area contributed by atoms with E-state index in [1.165, 1.54) is 0 Å². The molecule has 7 heteroatoms. The molecular weight excluding hydrogens is 280 g/mol. The number of likely N-dealkylation sites (N-methyl/N-ethyl adjacent to an activating group) is 1. The Morgan fingerprint density at radius 3 is 2.18 bits per heavy atom. The molecule has 0 spiro atoms. The van der Waals surface area contributed by atoms with Crippen LogP contribution >= 0.6 is 0 Å². The Morgan fingerprint density at radius 2 is 1.68 bits per heavy atom. The molecule has 0 fully saturated rings. The van der Waals surface area contributed by atoms with Gasteiger partial charge < -0.3 is 15.5 Å². The van der Waals surface area contributed by atoms with Gasteiger partial charge in [0.05, 0.1) is 6.54 Å². The number of benzene rings is 1. The summed E-state index contributed by atoms with van der Waals surface area (Å²) in [5.41, 5.74) is 0.595. The van der Waals surface area contributed by atoms with Crippen LogP contribution < -0.4 is 10.6 Å². The van der Waals surface area contributed by atoms with Crippen molar-refractivity contribution in [2.45, 2.75) is 0 Å². The van der Waals surface area contributed by atoms with Crippen molar-refractivity contribution in [3.8, 4) is 18.2 Å². The lowest BCUT2D eigenvalue weighted by atomic mass is 10.2. The average Bonchev–Trinajstić information content (AvgIpc) is 2.46. The van der Waals surface area contributed by atoms with Gasteiger partial charge in [0.1, 0.15) is 23.9 Å². The van der Waals surface area contributed by atoms with Crippen LogP contribution in [0.5, 0.6) is 0 Å². The molecule has 0 heterocycles. The number of allylic oxidation sites excluding steroid dienone is 2. The lowest BCUT2D eigenvalue weighted by Gasteiger charge is -2.11. The van der Waals surface area contributed by atoms with E-state index in [-0.39, 0.29) is 23.7 Å². The number of nitrogens with zero attached hydrogens (tertiary/aromatic N) is 4. The number of anilines is 2. The van der Waals surface area contributed by atoms with Crippen LogP contribution in [0.1, 0.15) is 0 Å². The van der Waals surface area contributed by atoms with E-state index in [2.05, 4.69) is 10.6 Å². The van der Waals surface area contributed by atoms with Crippen molar-refractivity contribution < 1.29 is 4.79 Å². The van der Waals surface area contributed by atoms with Gasteiger partial charge in [-0.1, -0.05) is 6.07 Å². The molecule has 0 atom stereocenters. The number of carbonyl (C=O) groups excluding carboxylic acids is 1. The quantitative estimate of drug-likeness (QED) is 0.793. The van der Waals surface area contributed by atoms with Gasteiger partial charge in [0, 0.05) is 11.4 Å². The van der Waals surface area contributed by atoms with Crippen molar-refractivity contribution in [2.75, 3.05) is 31.3 Å². The van der Waals surface area contributed by atoms with E-state index in [0.717, 1.165) is 0 Å². The molecule has 2 N–H and O–H groups in total. The second-order valence-electron chi connectivity index (χ2n) is 4.58. The third-order valence-electron chi connectivity index (χ3n) is 2.46. The third-order valence-corrected chi connectivity index (χ3v) is 2.46. The number of nitriles is 3. The number of hydrogen-bond donors (Lipinski definition) is 2. The summed E-state index contributed by atoms with van der Waals surface area (Å²) < 4.78 is 0. The summed E-state index contributed by atoms with van der Waals surface area (Å²) in [5.74, 6) is -0.173. The van der Waals surface area contributed by atoms with Crippen molar-refractivity contribution in [1.82, 2.24) is 4.90 Å². The maximum atomic E-state index is 11.7. The SMILES string of the molecule is CN(C)CC(=O)Nc1cccc(NC(C#N)=C(C#N)C#N)c1.